The molecule has 0 bridgehead atoms. The zero-order valence-corrected chi connectivity index (χ0v) is 12.0. The van der Waals surface area contributed by atoms with Crippen LogP contribution in [0.1, 0.15) is 38.4 Å². The fraction of sp³-hybridized carbons (Fsp3) is 0.714. The maximum Gasteiger partial charge on any atom is 0.158 e. The predicted molar refractivity (Wildman–Crippen MR) is 77.6 cm³/mol. The van der Waals surface area contributed by atoms with E-state index in [-0.39, 0.29) is 0 Å². The van der Waals surface area contributed by atoms with Gasteiger partial charge in [0.05, 0.1) is 0 Å². The van der Waals surface area contributed by atoms with Crippen molar-refractivity contribution in [1.82, 2.24) is 9.97 Å². The van der Waals surface area contributed by atoms with Crippen LogP contribution in [0.4, 0.5) is 11.6 Å². The molecule has 0 aromatic carbocycles. The molecule has 1 fully saturated rings. The van der Waals surface area contributed by atoms with Crippen molar-refractivity contribution in [3.05, 3.63) is 11.9 Å². The molecule has 1 aromatic heterocycles. The van der Waals surface area contributed by atoms with Crippen molar-refractivity contribution in [3.63, 3.8) is 0 Å². The predicted octanol–water partition coefficient (Wildman–Crippen LogP) is 2.44. The summed E-state index contributed by atoms with van der Waals surface area (Å²) in [5.41, 5.74) is 0. The lowest BCUT2D eigenvalue weighted by Gasteiger charge is -2.22. The Morgan fingerprint density at radius 1 is 1.21 bits per heavy atom. The highest BCUT2D eigenvalue weighted by molar-refractivity contribution is 5.49. The Balaban J connectivity index is 2.20. The van der Waals surface area contributed by atoms with Gasteiger partial charge in [-0.25, -0.2) is 9.97 Å². The van der Waals surface area contributed by atoms with Crippen LogP contribution in [0.25, 0.3) is 0 Å². The van der Waals surface area contributed by atoms with Gasteiger partial charge < -0.3 is 15.0 Å². The minimum atomic E-state index is 0.458. The van der Waals surface area contributed by atoms with Crippen molar-refractivity contribution in [2.24, 2.45) is 0 Å². The Labute approximate surface area is 115 Å². The summed E-state index contributed by atoms with van der Waals surface area (Å²) in [6.07, 6.45) is 5.15. The summed E-state index contributed by atoms with van der Waals surface area (Å²) in [5.74, 6) is 2.67. The zero-order valence-electron chi connectivity index (χ0n) is 12.0. The molecule has 0 atom stereocenters. The van der Waals surface area contributed by atoms with Crippen LogP contribution in [-0.2, 0) is 11.3 Å². The molecule has 19 heavy (non-hydrogen) atoms. The van der Waals surface area contributed by atoms with E-state index in [2.05, 4.69) is 27.1 Å². The molecule has 1 saturated heterocycles. The molecule has 0 amide bonds. The first kappa shape index (κ1) is 14.1. The molecule has 5 nitrogen and oxygen atoms in total. The second-order valence-corrected chi connectivity index (χ2v) is 4.89. The van der Waals surface area contributed by atoms with Crippen LogP contribution in [0.5, 0.6) is 0 Å². The molecule has 5 heteroatoms. The summed E-state index contributed by atoms with van der Waals surface area (Å²) < 4.78 is 5.16. The zero-order chi connectivity index (χ0) is 13.5. The van der Waals surface area contributed by atoms with Crippen molar-refractivity contribution in [3.8, 4) is 0 Å². The topological polar surface area (TPSA) is 50.3 Å². The molecule has 1 N–H and O–H groups in total. The average molecular weight is 264 g/mol. The van der Waals surface area contributed by atoms with Gasteiger partial charge in [-0.3, -0.25) is 0 Å². The Morgan fingerprint density at radius 2 is 1.95 bits per heavy atom. The van der Waals surface area contributed by atoms with Gasteiger partial charge in [0.1, 0.15) is 18.2 Å². The number of nitrogens with one attached hydrogen (secondary N) is 1. The van der Waals surface area contributed by atoms with E-state index in [4.69, 9.17) is 4.74 Å². The lowest BCUT2D eigenvalue weighted by molar-refractivity contribution is 0.178. The monoisotopic (exact) mass is 264 g/mol. The molecule has 0 aliphatic carbocycles. The minimum Gasteiger partial charge on any atom is -0.377 e. The lowest BCUT2D eigenvalue weighted by atomic mass is 10.2. The first-order valence-electron chi connectivity index (χ1n) is 7.19. The van der Waals surface area contributed by atoms with Crippen LogP contribution in [0.15, 0.2) is 6.07 Å². The van der Waals surface area contributed by atoms with Crippen molar-refractivity contribution < 1.29 is 4.74 Å². The van der Waals surface area contributed by atoms with Gasteiger partial charge in [0.25, 0.3) is 0 Å². The first-order chi connectivity index (χ1) is 9.33. The molecule has 0 saturated carbocycles. The first-order valence-corrected chi connectivity index (χ1v) is 7.19. The number of nitrogens with zero attached hydrogens (tertiary/aromatic N) is 3. The van der Waals surface area contributed by atoms with Crippen LogP contribution < -0.4 is 10.2 Å². The van der Waals surface area contributed by atoms with E-state index >= 15 is 0 Å². The van der Waals surface area contributed by atoms with Crippen LogP contribution in [0.3, 0.4) is 0 Å². The minimum absolute atomic E-state index is 0.458. The molecular weight excluding hydrogens is 240 g/mol. The van der Waals surface area contributed by atoms with Crippen LogP contribution in [0, 0.1) is 0 Å². The molecule has 0 unspecified atom stereocenters. The molecule has 2 heterocycles. The van der Waals surface area contributed by atoms with E-state index in [0.717, 1.165) is 37.1 Å². The van der Waals surface area contributed by atoms with Crippen molar-refractivity contribution in [2.45, 2.75) is 39.2 Å². The Kier molecular flexibility index (Phi) is 5.39. The smallest absolute Gasteiger partial charge is 0.158 e. The van der Waals surface area contributed by atoms with E-state index in [1.807, 2.05) is 6.07 Å². The highest BCUT2D eigenvalue weighted by Crippen LogP contribution is 2.20. The number of ether oxygens (including phenoxy) is 1. The van der Waals surface area contributed by atoms with E-state index in [1.54, 1.807) is 7.11 Å². The maximum atomic E-state index is 5.16. The second-order valence-electron chi connectivity index (χ2n) is 4.89. The van der Waals surface area contributed by atoms with Gasteiger partial charge in [-0.2, -0.15) is 0 Å². The number of hydrogen-bond acceptors (Lipinski definition) is 5. The fourth-order valence-electron chi connectivity index (χ4n) is 2.41. The molecule has 0 radical (unpaired) electrons. The number of methoxy groups -OCH3 is 1. The van der Waals surface area contributed by atoms with Gasteiger partial charge in [-0.05, 0) is 19.8 Å². The Bertz CT molecular complexity index is 365. The SMILES string of the molecule is CCNc1cc(N2CCCCCC2)nc(COC)n1. The Hall–Kier alpha value is -1.36. The molecule has 1 aliphatic heterocycles. The summed E-state index contributed by atoms with van der Waals surface area (Å²) in [4.78, 5) is 11.4. The van der Waals surface area contributed by atoms with Crippen LogP contribution in [-0.4, -0.2) is 36.7 Å². The van der Waals surface area contributed by atoms with Gasteiger partial charge in [-0.15, -0.1) is 0 Å². The van der Waals surface area contributed by atoms with Gasteiger partial charge in [0.15, 0.2) is 5.82 Å². The second kappa shape index (κ2) is 7.28. The average Bonchev–Trinajstić information content (AvgIpc) is 2.68. The molecule has 1 aromatic rings. The van der Waals surface area contributed by atoms with Gasteiger partial charge >= 0.3 is 0 Å². The Morgan fingerprint density at radius 3 is 2.58 bits per heavy atom. The van der Waals surface area contributed by atoms with Crippen molar-refractivity contribution in [2.75, 3.05) is 37.0 Å². The normalized spacial score (nSPS) is 16.2. The maximum absolute atomic E-state index is 5.16. The number of aromatic nitrogens is 2. The summed E-state index contributed by atoms with van der Waals surface area (Å²) in [5, 5.41) is 3.27. The van der Waals surface area contributed by atoms with E-state index in [1.165, 1.54) is 25.7 Å². The summed E-state index contributed by atoms with van der Waals surface area (Å²) in [7, 11) is 1.68. The fourth-order valence-corrected chi connectivity index (χ4v) is 2.41. The standard InChI is InChI=1S/C14H24N4O/c1-3-15-12-10-14(17-13(16-12)11-19-2)18-8-6-4-5-7-9-18/h10H,3-9,11H2,1-2H3,(H,15,16,17). The highest BCUT2D eigenvalue weighted by atomic mass is 16.5. The van der Waals surface area contributed by atoms with Gasteiger partial charge in [0.2, 0.25) is 0 Å². The summed E-state index contributed by atoms with van der Waals surface area (Å²) >= 11 is 0. The summed E-state index contributed by atoms with van der Waals surface area (Å²) in [6.45, 7) is 5.58. The number of anilines is 2. The number of rotatable bonds is 5. The van der Waals surface area contributed by atoms with Crippen molar-refractivity contribution >= 4 is 11.6 Å². The van der Waals surface area contributed by atoms with Crippen LogP contribution >= 0.6 is 0 Å². The third kappa shape index (κ3) is 4.06. The van der Waals surface area contributed by atoms with Crippen LogP contribution in [0.2, 0.25) is 0 Å². The lowest BCUT2D eigenvalue weighted by Crippen LogP contribution is -2.25. The molecule has 2 rings (SSSR count). The quantitative estimate of drug-likeness (QED) is 0.885. The largest absolute Gasteiger partial charge is 0.377 e. The van der Waals surface area contributed by atoms with E-state index < -0.39 is 0 Å². The highest BCUT2D eigenvalue weighted by Gasteiger charge is 2.13. The van der Waals surface area contributed by atoms with Gasteiger partial charge in [-0.1, -0.05) is 12.8 Å². The third-order valence-corrected chi connectivity index (χ3v) is 3.32. The third-order valence-electron chi connectivity index (χ3n) is 3.32. The van der Waals surface area contributed by atoms with Crippen molar-refractivity contribution in [1.29, 1.82) is 0 Å². The van der Waals surface area contributed by atoms with Gasteiger partial charge in [0, 0.05) is 32.8 Å². The number of hydrogen-bond donors (Lipinski definition) is 1. The molecule has 1 aliphatic rings. The molecule has 0 spiro atoms. The molecule has 106 valence electrons. The summed E-state index contributed by atoms with van der Waals surface area (Å²) in [6, 6.07) is 2.05. The van der Waals surface area contributed by atoms with E-state index in [0.29, 0.717) is 6.61 Å². The van der Waals surface area contributed by atoms with E-state index in [9.17, 15) is 0 Å². The molecular formula is C14H24N4O.